The maximum atomic E-state index is 12.3. The highest BCUT2D eigenvalue weighted by molar-refractivity contribution is 9.10. The second kappa shape index (κ2) is 6.10. The van der Waals surface area contributed by atoms with Gasteiger partial charge in [0.2, 0.25) is 0 Å². The molecule has 0 saturated heterocycles. The Bertz CT molecular complexity index is 739. The summed E-state index contributed by atoms with van der Waals surface area (Å²) in [5.74, 6) is -1.73. The lowest BCUT2D eigenvalue weighted by atomic mass is 10.0. The molecule has 0 saturated carbocycles. The van der Waals surface area contributed by atoms with Crippen LogP contribution in [0.3, 0.4) is 0 Å². The van der Waals surface area contributed by atoms with Crippen molar-refractivity contribution in [3.05, 3.63) is 34.0 Å². The maximum Gasteiger partial charge on any atom is 0.331 e. The number of nitrogens with one attached hydrogen (secondary N) is 1. The van der Waals surface area contributed by atoms with Crippen molar-refractivity contribution in [3.63, 3.8) is 0 Å². The van der Waals surface area contributed by atoms with Crippen LogP contribution in [0.1, 0.15) is 23.0 Å². The van der Waals surface area contributed by atoms with Gasteiger partial charge < -0.3 is 19.6 Å². The van der Waals surface area contributed by atoms with E-state index in [1.54, 1.807) is 6.07 Å². The van der Waals surface area contributed by atoms with Crippen LogP contribution in [-0.2, 0) is 9.53 Å². The van der Waals surface area contributed by atoms with Crippen LogP contribution in [0.15, 0.2) is 27.1 Å². The first-order chi connectivity index (χ1) is 10.3. The van der Waals surface area contributed by atoms with E-state index in [-0.39, 0.29) is 12.4 Å². The number of carbonyl (C=O) groups is 2. The molecular formula is C15H16BrNO5. The second-order valence-corrected chi connectivity index (χ2v) is 6.19. The molecule has 0 fully saturated rings. The van der Waals surface area contributed by atoms with Gasteiger partial charge in [-0.3, -0.25) is 4.79 Å². The standard InChI is InChI=1S/C15H16BrNO5/c1-8-4-10(16)5-9-6-11(22-12(8)9)13(18)17-15(2,7-21-3)14(19)20/h4-6H,7H2,1-3H3,(H,17,18)(H,19,20). The highest BCUT2D eigenvalue weighted by Crippen LogP contribution is 2.27. The van der Waals surface area contributed by atoms with Crippen molar-refractivity contribution in [2.75, 3.05) is 13.7 Å². The Morgan fingerprint density at radius 1 is 1.41 bits per heavy atom. The minimum atomic E-state index is -1.53. The maximum absolute atomic E-state index is 12.3. The third-order valence-corrected chi connectivity index (χ3v) is 3.74. The molecule has 0 aliphatic carbocycles. The van der Waals surface area contributed by atoms with Crippen LogP contribution in [0.5, 0.6) is 0 Å². The minimum absolute atomic E-state index is 0.0554. The van der Waals surface area contributed by atoms with Gasteiger partial charge in [-0.15, -0.1) is 0 Å². The fraction of sp³-hybridized carbons (Fsp3) is 0.333. The molecule has 0 aliphatic rings. The molecule has 7 heteroatoms. The van der Waals surface area contributed by atoms with Crippen molar-refractivity contribution >= 4 is 38.8 Å². The number of hydrogen-bond acceptors (Lipinski definition) is 4. The van der Waals surface area contributed by atoms with Crippen LogP contribution >= 0.6 is 15.9 Å². The summed E-state index contributed by atoms with van der Waals surface area (Å²) in [6, 6.07) is 5.28. The van der Waals surface area contributed by atoms with Gasteiger partial charge >= 0.3 is 5.97 Å². The fourth-order valence-corrected chi connectivity index (χ4v) is 2.74. The lowest BCUT2D eigenvalue weighted by Crippen LogP contribution is -2.55. The van der Waals surface area contributed by atoms with Crippen molar-refractivity contribution in [2.45, 2.75) is 19.4 Å². The van der Waals surface area contributed by atoms with E-state index in [2.05, 4.69) is 21.2 Å². The lowest BCUT2D eigenvalue weighted by Gasteiger charge is -2.24. The Kier molecular flexibility index (Phi) is 4.58. The van der Waals surface area contributed by atoms with E-state index in [0.29, 0.717) is 5.58 Å². The van der Waals surface area contributed by atoms with E-state index in [1.165, 1.54) is 14.0 Å². The number of furan rings is 1. The van der Waals surface area contributed by atoms with E-state index < -0.39 is 17.4 Å². The minimum Gasteiger partial charge on any atom is -0.479 e. The molecule has 1 amide bonds. The highest BCUT2D eigenvalue weighted by Gasteiger charge is 2.36. The van der Waals surface area contributed by atoms with Gasteiger partial charge in [0, 0.05) is 17.0 Å². The lowest BCUT2D eigenvalue weighted by molar-refractivity contribution is -0.145. The Balaban J connectivity index is 2.33. The Morgan fingerprint density at radius 3 is 2.68 bits per heavy atom. The molecule has 6 nitrogen and oxygen atoms in total. The van der Waals surface area contributed by atoms with Gasteiger partial charge in [0.25, 0.3) is 5.91 Å². The third-order valence-electron chi connectivity index (χ3n) is 3.28. The first-order valence-corrected chi connectivity index (χ1v) is 7.30. The number of carboxylic acids is 1. The van der Waals surface area contributed by atoms with Crippen LogP contribution in [-0.4, -0.2) is 36.2 Å². The van der Waals surface area contributed by atoms with Gasteiger partial charge in [0.15, 0.2) is 11.3 Å². The number of rotatable bonds is 5. The zero-order valence-corrected chi connectivity index (χ0v) is 14.0. The molecule has 2 aromatic rings. The number of benzene rings is 1. The number of carbonyl (C=O) groups excluding carboxylic acids is 1. The summed E-state index contributed by atoms with van der Waals surface area (Å²) >= 11 is 3.38. The van der Waals surface area contributed by atoms with E-state index >= 15 is 0 Å². The average molecular weight is 370 g/mol. The molecule has 0 bridgehead atoms. The molecule has 1 heterocycles. The number of aliphatic carboxylic acids is 1. The summed E-state index contributed by atoms with van der Waals surface area (Å²) in [4.78, 5) is 23.6. The largest absolute Gasteiger partial charge is 0.479 e. The van der Waals surface area contributed by atoms with E-state index in [0.717, 1.165) is 15.4 Å². The molecule has 0 radical (unpaired) electrons. The number of ether oxygens (including phenoxy) is 1. The van der Waals surface area contributed by atoms with Crippen LogP contribution in [0.2, 0.25) is 0 Å². The number of halogens is 1. The molecule has 2 rings (SSSR count). The summed E-state index contributed by atoms with van der Waals surface area (Å²) in [5.41, 5.74) is -0.0566. The number of fused-ring (bicyclic) bond motifs is 1. The Morgan fingerprint density at radius 2 is 2.09 bits per heavy atom. The molecule has 0 aliphatic heterocycles. The van der Waals surface area contributed by atoms with Crippen molar-refractivity contribution in [2.24, 2.45) is 0 Å². The summed E-state index contributed by atoms with van der Waals surface area (Å²) in [6.45, 7) is 3.09. The SMILES string of the molecule is COCC(C)(NC(=O)c1cc2cc(Br)cc(C)c2o1)C(=O)O. The first kappa shape index (κ1) is 16.5. The van der Waals surface area contributed by atoms with E-state index in [1.807, 2.05) is 19.1 Å². The molecule has 0 spiro atoms. The smallest absolute Gasteiger partial charge is 0.331 e. The van der Waals surface area contributed by atoms with Gasteiger partial charge in [0.05, 0.1) is 6.61 Å². The summed E-state index contributed by atoms with van der Waals surface area (Å²) in [7, 11) is 1.37. The quantitative estimate of drug-likeness (QED) is 0.845. The molecule has 2 N–H and O–H groups in total. The predicted molar refractivity (Wildman–Crippen MR) is 84.0 cm³/mol. The number of amides is 1. The number of carboxylic acid groups (broad SMARTS) is 1. The normalized spacial score (nSPS) is 13.8. The summed E-state index contributed by atoms with van der Waals surface area (Å²) in [6.07, 6.45) is 0. The van der Waals surface area contributed by atoms with Crippen molar-refractivity contribution in [1.29, 1.82) is 0 Å². The average Bonchev–Trinajstić information content (AvgIpc) is 2.82. The van der Waals surface area contributed by atoms with Gasteiger partial charge in [-0.05, 0) is 37.6 Å². The summed E-state index contributed by atoms with van der Waals surface area (Å²) < 4.78 is 11.3. The fourth-order valence-electron chi connectivity index (χ4n) is 2.15. The monoisotopic (exact) mass is 369 g/mol. The predicted octanol–water partition coefficient (Wildman–Crippen LogP) is 2.72. The summed E-state index contributed by atoms with van der Waals surface area (Å²) in [5, 5.41) is 12.4. The Labute approximate surface area is 135 Å². The van der Waals surface area contributed by atoms with Crippen LogP contribution in [0, 0.1) is 6.92 Å². The van der Waals surface area contributed by atoms with E-state index in [9.17, 15) is 14.7 Å². The van der Waals surface area contributed by atoms with Crippen LogP contribution < -0.4 is 5.32 Å². The zero-order chi connectivity index (χ0) is 16.5. The van der Waals surface area contributed by atoms with Gasteiger partial charge in [0.1, 0.15) is 5.58 Å². The van der Waals surface area contributed by atoms with E-state index in [4.69, 9.17) is 9.15 Å². The molecular weight excluding hydrogens is 354 g/mol. The third kappa shape index (κ3) is 3.15. The van der Waals surface area contributed by atoms with Crippen LogP contribution in [0.4, 0.5) is 0 Å². The first-order valence-electron chi connectivity index (χ1n) is 6.51. The molecule has 1 atom stereocenters. The van der Waals surface area contributed by atoms with Gasteiger partial charge in [-0.1, -0.05) is 15.9 Å². The van der Waals surface area contributed by atoms with Crippen molar-refractivity contribution in [1.82, 2.24) is 5.32 Å². The van der Waals surface area contributed by atoms with Crippen molar-refractivity contribution in [3.8, 4) is 0 Å². The molecule has 22 heavy (non-hydrogen) atoms. The molecule has 118 valence electrons. The molecule has 1 aromatic carbocycles. The number of hydrogen-bond donors (Lipinski definition) is 2. The topological polar surface area (TPSA) is 88.8 Å². The van der Waals surface area contributed by atoms with Crippen LogP contribution in [0.25, 0.3) is 11.0 Å². The molecule has 1 unspecified atom stereocenters. The number of aryl methyl sites for hydroxylation is 1. The zero-order valence-electron chi connectivity index (χ0n) is 12.4. The molecule has 1 aromatic heterocycles. The highest BCUT2D eigenvalue weighted by atomic mass is 79.9. The Hall–Kier alpha value is -1.86. The van der Waals surface area contributed by atoms with Gasteiger partial charge in [-0.2, -0.15) is 0 Å². The van der Waals surface area contributed by atoms with Gasteiger partial charge in [-0.25, -0.2) is 4.79 Å². The second-order valence-electron chi connectivity index (χ2n) is 5.28. The number of methoxy groups -OCH3 is 1. The van der Waals surface area contributed by atoms with Crippen molar-refractivity contribution < 1.29 is 23.8 Å².